The minimum atomic E-state index is 0.199. The minimum Gasteiger partial charge on any atom is -0.350 e. The third-order valence-corrected chi connectivity index (χ3v) is 2.62. The topological polar surface area (TPSA) is 29.1 Å². The van der Waals surface area contributed by atoms with Crippen molar-refractivity contribution in [2.24, 2.45) is 0 Å². The Kier molecular flexibility index (Phi) is 8.78. The standard InChI is InChI=1S/C14H28N2O/c1-5-6-7-8-9-10-11-14(17)15-12-13-16(2,3)4/h5-6H,7-13H2,1-4H3/p+1/b6-5+. The van der Waals surface area contributed by atoms with Crippen molar-refractivity contribution in [2.75, 3.05) is 34.2 Å². The van der Waals surface area contributed by atoms with Gasteiger partial charge in [0.05, 0.1) is 34.2 Å². The number of unbranched alkanes of at least 4 members (excludes halogenated alkanes) is 3. The number of amides is 1. The number of hydrogen-bond donors (Lipinski definition) is 1. The highest BCUT2D eigenvalue weighted by atomic mass is 16.1. The summed E-state index contributed by atoms with van der Waals surface area (Å²) in [6, 6.07) is 0. The average Bonchev–Trinajstić information content (AvgIpc) is 2.21. The number of likely N-dealkylation sites (N-methyl/N-ethyl adjacent to an activating group) is 1. The van der Waals surface area contributed by atoms with Crippen LogP contribution in [0.4, 0.5) is 0 Å². The van der Waals surface area contributed by atoms with Crippen LogP contribution in [0.5, 0.6) is 0 Å². The molecule has 0 aromatic rings. The number of hydrogen-bond acceptors (Lipinski definition) is 1. The maximum Gasteiger partial charge on any atom is 0.220 e. The Morgan fingerprint density at radius 2 is 1.88 bits per heavy atom. The highest BCUT2D eigenvalue weighted by Crippen LogP contribution is 2.03. The molecule has 0 aromatic heterocycles. The maximum absolute atomic E-state index is 11.5. The highest BCUT2D eigenvalue weighted by molar-refractivity contribution is 5.75. The van der Waals surface area contributed by atoms with E-state index in [1.54, 1.807) is 0 Å². The van der Waals surface area contributed by atoms with E-state index in [0.717, 1.165) is 36.8 Å². The molecule has 0 fully saturated rings. The zero-order valence-electron chi connectivity index (χ0n) is 12.0. The Morgan fingerprint density at radius 3 is 2.47 bits per heavy atom. The molecule has 0 spiro atoms. The monoisotopic (exact) mass is 241 g/mol. The Morgan fingerprint density at radius 1 is 1.18 bits per heavy atom. The fourth-order valence-electron chi connectivity index (χ4n) is 1.51. The van der Waals surface area contributed by atoms with Gasteiger partial charge in [0, 0.05) is 6.42 Å². The first-order valence-electron chi connectivity index (χ1n) is 6.64. The molecule has 0 atom stereocenters. The van der Waals surface area contributed by atoms with E-state index in [9.17, 15) is 4.79 Å². The van der Waals surface area contributed by atoms with Gasteiger partial charge in [0.15, 0.2) is 0 Å². The van der Waals surface area contributed by atoms with E-state index in [-0.39, 0.29) is 5.91 Å². The van der Waals surface area contributed by atoms with Gasteiger partial charge in [-0.1, -0.05) is 18.6 Å². The number of carbonyl (C=O) groups excluding carboxylic acids is 1. The molecular formula is C14H29N2O+. The van der Waals surface area contributed by atoms with Crippen LogP contribution in [0.3, 0.4) is 0 Å². The lowest BCUT2D eigenvalue weighted by atomic mass is 10.1. The van der Waals surface area contributed by atoms with Gasteiger partial charge in [-0.3, -0.25) is 4.79 Å². The van der Waals surface area contributed by atoms with Crippen molar-refractivity contribution < 1.29 is 9.28 Å². The zero-order chi connectivity index (χ0) is 13.1. The van der Waals surface area contributed by atoms with Crippen LogP contribution in [0.2, 0.25) is 0 Å². The van der Waals surface area contributed by atoms with Crippen molar-refractivity contribution in [3.63, 3.8) is 0 Å². The van der Waals surface area contributed by atoms with Crippen molar-refractivity contribution in [1.82, 2.24) is 5.32 Å². The normalized spacial score (nSPS) is 12.0. The first-order chi connectivity index (χ1) is 7.95. The molecule has 1 amide bonds. The van der Waals surface area contributed by atoms with Gasteiger partial charge in [-0.05, 0) is 26.2 Å². The van der Waals surface area contributed by atoms with Crippen molar-refractivity contribution in [1.29, 1.82) is 0 Å². The molecule has 0 aliphatic rings. The number of rotatable bonds is 9. The Balaban J connectivity index is 3.35. The molecule has 0 aliphatic heterocycles. The number of nitrogens with zero attached hydrogens (tertiary/aromatic N) is 1. The molecule has 0 saturated heterocycles. The molecule has 0 heterocycles. The maximum atomic E-state index is 11.5. The summed E-state index contributed by atoms with van der Waals surface area (Å²) in [6.07, 6.45) is 9.42. The molecule has 0 saturated carbocycles. The van der Waals surface area contributed by atoms with Gasteiger partial charge in [-0.15, -0.1) is 0 Å². The highest BCUT2D eigenvalue weighted by Gasteiger charge is 2.07. The van der Waals surface area contributed by atoms with E-state index in [4.69, 9.17) is 0 Å². The minimum absolute atomic E-state index is 0.199. The van der Waals surface area contributed by atoms with Crippen molar-refractivity contribution >= 4 is 5.91 Å². The predicted octanol–water partition coefficient (Wildman–Crippen LogP) is 2.34. The SMILES string of the molecule is C/C=C/CCCCCC(=O)NCC[N+](C)(C)C. The van der Waals surface area contributed by atoms with Crippen LogP contribution in [-0.2, 0) is 4.79 Å². The molecule has 17 heavy (non-hydrogen) atoms. The Labute approximate surface area is 106 Å². The summed E-state index contributed by atoms with van der Waals surface area (Å²) in [5.41, 5.74) is 0. The summed E-state index contributed by atoms with van der Waals surface area (Å²) >= 11 is 0. The lowest BCUT2D eigenvalue weighted by molar-refractivity contribution is -0.869. The second-order valence-corrected chi connectivity index (χ2v) is 5.53. The Bertz CT molecular complexity index is 229. The summed E-state index contributed by atoms with van der Waals surface area (Å²) in [6.45, 7) is 3.80. The third-order valence-electron chi connectivity index (χ3n) is 2.62. The quantitative estimate of drug-likeness (QED) is 0.375. The molecule has 0 radical (unpaired) electrons. The van der Waals surface area contributed by atoms with Gasteiger partial charge in [0.2, 0.25) is 5.91 Å². The van der Waals surface area contributed by atoms with Crippen LogP contribution < -0.4 is 5.32 Å². The van der Waals surface area contributed by atoms with E-state index in [1.165, 1.54) is 6.42 Å². The van der Waals surface area contributed by atoms with Crippen LogP contribution in [-0.4, -0.2) is 44.6 Å². The smallest absolute Gasteiger partial charge is 0.220 e. The largest absolute Gasteiger partial charge is 0.350 e. The molecule has 0 rings (SSSR count). The molecular weight excluding hydrogens is 212 g/mol. The zero-order valence-corrected chi connectivity index (χ0v) is 12.0. The number of carbonyl (C=O) groups is 1. The summed E-state index contributed by atoms with van der Waals surface area (Å²) in [5, 5.41) is 2.97. The van der Waals surface area contributed by atoms with Gasteiger partial charge in [0.25, 0.3) is 0 Å². The number of quaternary nitrogens is 1. The molecule has 1 N–H and O–H groups in total. The van der Waals surface area contributed by atoms with Gasteiger partial charge in [0.1, 0.15) is 0 Å². The van der Waals surface area contributed by atoms with Crippen molar-refractivity contribution in [2.45, 2.75) is 39.0 Å². The van der Waals surface area contributed by atoms with Crippen LogP contribution in [0.25, 0.3) is 0 Å². The van der Waals surface area contributed by atoms with Gasteiger partial charge in [-0.25, -0.2) is 0 Å². The van der Waals surface area contributed by atoms with Gasteiger partial charge >= 0.3 is 0 Å². The number of allylic oxidation sites excluding steroid dienone is 2. The van der Waals surface area contributed by atoms with Crippen LogP contribution in [0, 0.1) is 0 Å². The third kappa shape index (κ3) is 13.1. The molecule has 3 nitrogen and oxygen atoms in total. The van der Waals surface area contributed by atoms with Crippen LogP contribution in [0.15, 0.2) is 12.2 Å². The van der Waals surface area contributed by atoms with Gasteiger partial charge < -0.3 is 9.80 Å². The molecule has 0 bridgehead atoms. The molecule has 3 heteroatoms. The average molecular weight is 241 g/mol. The van der Waals surface area contributed by atoms with Crippen molar-refractivity contribution in [3.8, 4) is 0 Å². The predicted molar refractivity (Wildman–Crippen MR) is 73.8 cm³/mol. The summed E-state index contributed by atoms with van der Waals surface area (Å²) in [4.78, 5) is 11.5. The summed E-state index contributed by atoms with van der Waals surface area (Å²) < 4.78 is 0.892. The van der Waals surface area contributed by atoms with E-state index < -0.39 is 0 Å². The number of nitrogens with one attached hydrogen (secondary N) is 1. The molecule has 0 unspecified atom stereocenters. The first kappa shape index (κ1) is 16.2. The van der Waals surface area contributed by atoms with E-state index >= 15 is 0 Å². The summed E-state index contributed by atoms with van der Waals surface area (Å²) in [7, 11) is 6.40. The molecule has 100 valence electrons. The van der Waals surface area contributed by atoms with Crippen LogP contribution >= 0.6 is 0 Å². The van der Waals surface area contributed by atoms with Crippen molar-refractivity contribution in [3.05, 3.63) is 12.2 Å². The first-order valence-corrected chi connectivity index (χ1v) is 6.64. The Hall–Kier alpha value is -0.830. The second kappa shape index (κ2) is 9.23. The fourth-order valence-corrected chi connectivity index (χ4v) is 1.51. The fraction of sp³-hybridized carbons (Fsp3) is 0.786. The molecule has 0 aromatic carbocycles. The van der Waals surface area contributed by atoms with E-state index in [0.29, 0.717) is 6.42 Å². The molecule has 0 aliphatic carbocycles. The lowest BCUT2D eigenvalue weighted by Gasteiger charge is -2.23. The lowest BCUT2D eigenvalue weighted by Crippen LogP contribution is -2.41. The van der Waals surface area contributed by atoms with E-state index in [2.05, 4.69) is 38.6 Å². The van der Waals surface area contributed by atoms with E-state index in [1.807, 2.05) is 6.92 Å². The van der Waals surface area contributed by atoms with Gasteiger partial charge in [-0.2, -0.15) is 0 Å². The second-order valence-electron chi connectivity index (χ2n) is 5.53. The van der Waals surface area contributed by atoms with Crippen LogP contribution in [0.1, 0.15) is 39.0 Å². The summed E-state index contributed by atoms with van der Waals surface area (Å²) in [5.74, 6) is 0.199.